The third-order valence-electron chi connectivity index (χ3n) is 1.88. The van der Waals surface area contributed by atoms with Crippen LogP contribution in [0, 0.1) is 0 Å². The molecule has 0 aromatic heterocycles. The molecule has 0 saturated heterocycles. The maximum Gasteiger partial charge on any atom is 0.236 e. The Balaban J connectivity index is 2.69. The van der Waals surface area contributed by atoms with Crippen molar-refractivity contribution in [2.45, 2.75) is 18.8 Å². The van der Waals surface area contributed by atoms with Gasteiger partial charge >= 0.3 is 0 Å². The van der Waals surface area contributed by atoms with Gasteiger partial charge in [0.2, 0.25) is 5.91 Å². The van der Waals surface area contributed by atoms with Gasteiger partial charge in [-0.2, -0.15) is 12.6 Å². The number of thiol groups is 1. The molecule has 0 heterocycles. The number of ether oxygens (including phenoxy) is 1. The third-order valence-corrected chi connectivity index (χ3v) is 2.12. The van der Waals surface area contributed by atoms with Gasteiger partial charge in [0.25, 0.3) is 0 Å². The van der Waals surface area contributed by atoms with Crippen molar-refractivity contribution in [2.24, 2.45) is 0 Å². The summed E-state index contributed by atoms with van der Waals surface area (Å²) in [5, 5.41) is 2.46. The van der Waals surface area contributed by atoms with Crippen molar-refractivity contribution >= 4 is 24.2 Å². The lowest BCUT2D eigenvalue weighted by Gasteiger charge is -2.08. The van der Waals surface area contributed by atoms with E-state index >= 15 is 0 Å². The predicted octanol–water partition coefficient (Wildman–Crippen LogP) is 2.09. The molecule has 0 spiro atoms. The van der Waals surface area contributed by atoms with Gasteiger partial charge in [-0.3, -0.25) is 4.79 Å². The predicted molar refractivity (Wildman–Crippen MR) is 64.2 cm³/mol. The van der Waals surface area contributed by atoms with Crippen LogP contribution in [-0.4, -0.2) is 18.3 Å². The van der Waals surface area contributed by atoms with E-state index in [4.69, 9.17) is 4.74 Å². The van der Waals surface area contributed by atoms with Crippen LogP contribution < -0.4 is 5.32 Å². The van der Waals surface area contributed by atoms with Crippen molar-refractivity contribution in [1.82, 2.24) is 0 Å². The van der Waals surface area contributed by atoms with Crippen LogP contribution in [0.25, 0.3) is 0 Å². The molecule has 1 unspecified atom stereocenters. The highest BCUT2D eigenvalue weighted by molar-refractivity contribution is 7.81. The summed E-state index contributed by atoms with van der Waals surface area (Å²) in [6.45, 7) is 2.28. The van der Waals surface area contributed by atoms with E-state index in [9.17, 15) is 4.79 Å². The Bertz CT molecular complexity index is 339. The number of hydrogen-bond donors (Lipinski definition) is 2. The van der Waals surface area contributed by atoms with Crippen LogP contribution in [0.15, 0.2) is 24.3 Å². The van der Waals surface area contributed by atoms with Crippen molar-refractivity contribution in [3.63, 3.8) is 0 Å². The minimum absolute atomic E-state index is 0.104. The maximum atomic E-state index is 11.4. The zero-order valence-electron chi connectivity index (χ0n) is 8.86. The molecule has 0 radical (unpaired) electrons. The summed E-state index contributed by atoms with van der Waals surface area (Å²) in [7, 11) is 1.64. The Hall–Kier alpha value is -1.00. The number of anilines is 1. The van der Waals surface area contributed by atoms with Gasteiger partial charge in [0.15, 0.2) is 0 Å². The van der Waals surface area contributed by atoms with Crippen molar-refractivity contribution < 1.29 is 9.53 Å². The summed E-state index contributed by atoms with van der Waals surface area (Å²) in [4.78, 5) is 11.4. The molecule has 0 aliphatic rings. The van der Waals surface area contributed by atoms with Crippen LogP contribution in [0.2, 0.25) is 0 Å². The van der Waals surface area contributed by atoms with Crippen molar-refractivity contribution in [3.8, 4) is 0 Å². The van der Waals surface area contributed by atoms with E-state index in [1.165, 1.54) is 0 Å². The molecule has 1 N–H and O–H groups in total. The second-order valence-corrected chi connectivity index (χ2v) is 4.07. The fraction of sp³-hybridized carbons (Fsp3) is 0.364. The van der Waals surface area contributed by atoms with Crippen LogP contribution in [0.3, 0.4) is 0 Å². The molecule has 15 heavy (non-hydrogen) atoms. The van der Waals surface area contributed by atoms with Gasteiger partial charge in [-0.05, 0) is 24.6 Å². The highest BCUT2D eigenvalue weighted by atomic mass is 32.1. The lowest BCUT2D eigenvalue weighted by Crippen LogP contribution is -2.20. The number of methoxy groups -OCH3 is 1. The first-order valence-electron chi connectivity index (χ1n) is 4.70. The van der Waals surface area contributed by atoms with E-state index in [1.54, 1.807) is 14.0 Å². The average Bonchev–Trinajstić information content (AvgIpc) is 2.18. The number of hydrogen-bond acceptors (Lipinski definition) is 3. The van der Waals surface area contributed by atoms with Crippen molar-refractivity contribution in [3.05, 3.63) is 29.8 Å². The molecule has 0 bridgehead atoms. The number of rotatable bonds is 4. The quantitative estimate of drug-likeness (QED) is 0.770. The van der Waals surface area contributed by atoms with E-state index < -0.39 is 0 Å². The summed E-state index contributed by atoms with van der Waals surface area (Å²) < 4.78 is 5.01. The first-order valence-corrected chi connectivity index (χ1v) is 5.22. The molecule has 1 amide bonds. The molecule has 0 aliphatic carbocycles. The van der Waals surface area contributed by atoms with Crippen LogP contribution in [0.4, 0.5) is 5.69 Å². The normalized spacial score (nSPS) is 12.2. The van der Waals surface area contributed by atoms with Gasteiger partial charge in [0.1, 0.15) is 0 Å². The van der Waals surface area contributed by atoms with E-state index in [1.807, 2.05) is 24.3 Å². The number of amides is 1. The summed E-state index contributed by atoms with van der Waals surface area (Å²) in [5.74, 6) is -0.104. The standard InChI is InChI=1S/C11H15NO2S/c1-8(15)11(13)12-10-5-3-4-9(6-10)7-14-2/h3-6,8,15H,7H2,1-2H3,(H,12,13). The summed E-state index contributed by atoms with van der Waals surface area (Å²) in [5.41, 5.74) is 1.80. The molecule has 1 atom stereocenters. The largest absolute Gasteiger partial charge is 0.380 e. The topological polar surface area (TPSA) is 38.3 Å². The fourth-order valence-electron chi connectivity index (χ4n) is 1.15. The van der Waals surface area contributed by atoms with Gasteiger partial charge in [-0.25, -0.2) is 0 Å². The molecule has 4 heteroatoms. The molecule has 0 fully saturated rings. The highest BCUT2D eigenvalue weighted by Crippen LogP contribution is 2.12. The Labute approximate surface area is 95.2 Å². The Morgan fingerprint density at radius 3 is 2.93 bits per heavy atom. The highest BCUT2D eigenvalue weighted by Gasteiger charge is 2.07. The van der Waals surface area contributed by atoms with Gasteiger partial charge in [0.05, 0.1) is 11.9 Å². The van der Waals surface area contributed by atoms with Crippen molar-refractivity contribution in [2.75, 3.05) is 12.4 Å². The monoisotopic (exact) mass is 225 g/mol. The number of carbonyl (C=O) groups excluding carboxylic acids is 1. The number of benzene rings is 1. The zero-order chi connectivity index (χ0) is 11.3. The summed E-state index contributed by atoms with van der Waals surface area (Å²) in [6, 6.07) is 7.56. The van der Waals surface area contributed by atoms with Gasteiger partial charge in [0, 0.05) is 12.8 Å². The van der Waals surface area contributed by atoms with Gasteiger partial charge in [-0.15, -0.1) is 0 Å². The van der Waals surface area contributed by atoms with E-state index in [-0.39, 0.29) is 11.2 Å². The van der Waals surface area contributed by atoms with Crippen LogP contribution in [0.5, 0.6) is 0 Å². The lowest BCUT2D eigenvalue weighted by atomic mass is 10.2. The SMILES string of the molecule is COCc1cccc(NC(=O)C(C)S)c1. The van der Waals surface area contributed by atoms with Crippen LogP contribution in [0.1, 0.15) is 12.5 Å². The zero-order valence-corrected chi connectivity index (χ0v) is 9.75. The molecule has 1 aromatic carbocycles. The first kappa shape index (κ1) is 12.1. The van der Waals surface area contributed by atoms with Crippen LogP contribution >= 0.6 is 12.6 Å². The lowest BCUT2D eigenvalue weighted by molar-refractivity contribution is -0.115. The molecule has 0 aliphatic heterocycles. The van der Waals surface area contributed by atoms with Crippen LogP contribution in [-0.2, 0) is 16.1 Å². The van der Waals surface area contributed by atoms with E-state index in [0.29, 0.717) is 6.61 Å². The second kappa shape index (κ2) is 5.78. The Morgan fingerprint density at radius 1 is 1.60 bits per heavy atom. The molecule has 3 nitrogen and oxygen atoms in total. The average molecular weight is 225 g/mol. The Kier molecular flexibility index (Phi) is 4.65. The number of nitrogens with one attached hydrogen (secondary N) is 1. The fourth-order valence-corrected chi connectivity index (χ4v) is 1.22. The number of carbonyl (C=O) groups is 1. The summed E-state index contributed by atoms with van der Waals surface area (Å²) in [6.07, 6.45) is 0. The molecule has 82 valence electrons. The Morgan fingerprint density at radius 2 is 2.33 bits per heavy atom. The minimum Gasteiger partial charge on any atom is -0.380 e. The van der Waals surface area contributed by atoms with Crippen molar-refractivity contribution in [1.29, 1.82) is 0 Å². The molecule has 1 aromatic rings. The molecular weight excluding hydrogens is 210 g/mol. The van der Waals surface area contributed by atoms with Gasteiger partial charge < -0.3 is 10.1 Å². The smallest absolute Gasteiger partial charge is 0.236 e. The van der Waals surface area contributed by atoms with E-state index in [2.05, 4.69) is 17.9 Å². The second-order valence-electron chi connectivity index (χ2n) is 3.30. The molecule has 0 saturated carbocycles. The first-order chi connectivity index (χ1) is 7.13. The molecule has 1 rings (SSSR count). The maximum absolute atomic E-state index is 11.4. The van der Waals surface area contributed by atoms with E-state index in [0.717, 1.165) is 11.3 Å². The van der Waals surface area contributed by atoms with Gasteiger partial charge in [-0.1, -0.05) is 12.1 Å². The minimum atomic E-state index is -0.309. The third kappa shape index (κ3) is 3.93. The summed E-state index contributed by atoms with van der Waals surface area (Å²) >= 11 is 4.05. The molecular formula is C11H15NO2S.